The Balaban J connectivity index is 0.00000121. The number of aliphatic carboxylic acids is 1. The Labute approximate surface area is 101 Å². The van der Waals surface area contributed by atoms with Gasteiger partial charge in [0.15, 0.2) is 5.78 Å². The first-order valence-electron chi connectivity index (χ1n) is 5.71. The Bertz CT molecular complexity index is 304. The summed E-state index contributed by atoms with van der Waals surface area (Å²) in [6.07, 6.45) is 0.237. The second-order valence-electron chi connectivity index (χ2n) is 3.65. The predicted molar refractivity (Wildman–Crippen MR) is 62.4 cm³/mol. The fraction of sp³-hybridized carbons (Fsp3) is 0.727. The highest BCUT2D eigenvalue weighted by molar-refractivity contribution is 5.92. The Morgan fingerprint density at radius 3 is 2.24 bits per heavy atom. The molecule has 0 bridgehead atoms. The molecule has 1 amide bonds. The molecule has 1 rings (SSSR count). The lowest BCUT2D eigenvalue weighted by atomic mass is 9.97. The van der Waals surface area contributed by atoms with Gasteiger partial charge in [0, 0.05) is 6.54 Å². The van der Waals surface area contributed by atoms with Crippen LogP contribution in [-0.2, 0) is 14.4 Å². The van der Waals surface area contributed by atoms with Gasteiger partial charge in [-0.05, 0) is 13.3 Å². The maximum Gasteiger partial charge on any atom is 0.305 e. The Hall–Kier alpha value is -1.43. The number of nitrogens with zero attached hydrogens (tertiary/aromatic N) is 1. The third-order valence-electron chi connectivity index (χ3n) is 2.48. The van der Waals surface area contributed by atoms with Crippen LogP contribution in [0.25, 0.3) is 0 Å². The fourth-order valence-electron chi connectivity index (χ4n) is 1.56. The first-order chi connectivity index (χ1) is 7.93. The number of hydrogen-bond donors (Lipinski definition) is 2. The number of hydrogen-bond acceptors (Lipinski definition) is 4. The molecular weight excluding hydrogens is 224 g/mol. The smallest absolute Gasteiger partial charge is 0.305 e. The van der Waals surface area contributed by atoms with E-state index < -0.39 is 30.4 Å². The third kappa shape index (κ3) is 4.14. The molecule has 3 N–H and O–H groups in total. The maximum atomic E-state index is 11.6. The number of amides is 1. The lowest BCUT2D eigenvalue weighted by Crippen LogP contribution is -2.59. The van der Waals surface area contributed by atoms with Crippen LogP contribution in [0.15, 0.2) is 0 Å². The number of carbonyl (C=O) groups is 3. The van der Waals surface area contributed by atoms with Crippen molar-refractivity contribution >= 4 is 17.7 Å². The molecule has 0 aromatic heterocycles. The van der Waals surface area contributed by atoms with Crippen molar-refractivity contribution in [2.75, 3.05) is 6.54 Å². The zero-order valence-corrected chi connectivity index (χ0v) is 10.5. The molecule has 0 spiro atoms. The van der Waals surface area contributed by atoms with Crippen LogP contribution in [0.1, 0.15) is 33.6 Å². The number of ketones is 1. The minimum Gasteiger partial charge on any atom is -0.481 e. The van der Waals surface area contributed by atoms with Gasteiger partial charge in [0.05, 0.1) is 18.5 Å². The van der Waals surface area contributed by atoms with Crippen LogP contribution in [0.4, 0.5) is 0 Å². The van der Waals surface area contributed by atoms with E-state index in [9.17, 15) is 14.4 Å². The lowest BCUT2D eigenvalue weighted by molar-refractivity contribution is -0.149. The maximum absolute atomic E-state index is 11.6. The summed E-state index contributed by atoms with van der Waals surface area (Å²) in [7, 11) is 0. The first kappa shape index (κ1) is 15.6. The molecule has 17 heavy (non-hydrogen) atoms. The van der Waals surface area contributed by atoms with Crippen LogP contribution in [-0.4, -0.2) is 46.3 Å². The molecule has 2 unspecified atom stereocenters. The highest BCUT2D eigenvalue weighted by atomic mass is 16.4. The second-order valence-corrected chi connectivity index (χ2v) is 3.65. The van der Waals surface area contributed by atoms with E-state index in [2.05, 4.69) is 0 Å². The molecule has 2 atom stereocenters. The number of rotatable bonds is 4. The predicted octanol–water partition coefficient (Wildman–Crippen LogP) is 0.00450. The molecule has 0 aromatic rings. The second kappa shape index (κ2) is 7.01. The van der Waals surface area contributed by atoms with E-state index >= 15 is 0 Å². The van der Waals surface area contributed by atoms with Crippen LogP contribution in [0.5, 0.6) is 0 Å². The molecule has 1 aliphatic heterocycles. The quantitative estimate of drug-likeness (QED) is 0.725. The van der Waals surface area contributed by atoms with Gasteiger partial charge in [0.1, 0.15) is 0 Å². The van der Waals surface area contributed by atoms with Gasteiger partial charge in [-0.25, -0.2) is 0 Å². The van der Waals surface area contributed by atoms with Crippen molar-refractivity contribution in [3.63, 3.8) is 0 Å². The molecule has 0 saturated carbocycles. The monoisotopic (exact) mass is 244 g/mol. The van der Waals surface area contributed by atoms with Gasteiger partial charge in [-0.15, -0.1) is 0 Å². The van der Waals surface area contributed by atoms with Crippen LogP contribution in [0.2, 0.25) is 0 Å². The SMILES string of the molecule is CC.CC(=O)C1CCN1C(=O)C(N)CC(=O)O. The summed E-state index contributed by atoms with van der Waals surface area (Å²) in [5.74, 6) is -1.66. The van der Waals surface area contributed by atoms with Gasteiger partial charge in [-0.3, -0.25) is 14.4 Å². The van der Waals surface area contributed by atoms with Crippen LogP contribution < -0.4 is 5.73 Å². The van der Waals surface area contributed by atoms with Crippen molar-refractivity contribution in [2.45, 2.75) is 45.7 Å². The molecule has 6 heteroatoms. The highest BCUT2D eigenvalue weighted by Crippen LogP contribution is 2.19. The van der Waals surface area contributed by atoms with Crippen LogP contribution in [0, 0.1) is 0 Å². The average molecular weight is 244 g/mol. The molecule has 0 aromatic carbocycles. The minimum atomic E-state index is -1.12. The van der Waals surface area contributed by atoms with E-state index in [4.69, 9.17) is 10.8 Å². The highest BCUT2D eigenvalue weighted by Gasteiger charge is 2.37. The Morgan fingerprint density at radius 1 is 1.41 bits per heavy atom. The van der Waals surface area contributed by atoms with Crippen molar-refractivity contribution in [3.05, 3.63) is 0 Å². The number of likely N-dealkylation sites (tertiary alicyclic amines) is 1. The minimum absolute atomic E-state index is 0.0860. The fourth-order valence-corrected chi connectivity index (χ4v) is 1.56. The van der Waals surface area contributed by atoms with E-state index in [1.807, 2.05) is 13.8 Å². The van der Waals surface area contributed by atoms with E-state index in [1.54, 1.807) is 0 Å². The molecule has 0 radical (unpaired) electrons. The summed E-state index contributed by atoms with van der Waals surface area (Å²) >= 11 is 0. The van der Waals surface area contributed by atoms with Gasteiger partial charge >= 0.3 is 5.97 Å². The summed E-state index contributed by atoms with van der Waals surface area (Å²) in [5.41, 5.74) is 5.41. The van der Waals surface area contributed by atoms with E-state index in [0.717, 1.165) is 0 Å². The molecular formula is C11H20N2O4. The van der Waals surface area contributed by atoms with Crippen molar-refractivity contribution in [3.8, 4) is 0 Å². The molecule has 98 valence electrons. The zero-order chi connectivity index (χ0) is 13.6. The third-order valence-corrected chi connectivity index (χ3v) is 2.48. The molecule has 1 heterocycles. The number of nitrogens with two attached hydrogens (primary N) is 1. The largest absolute Gasteiger partial charge is 0.481 e. The van der Waals surface area contributed by atoms with Gasteiger partial charge in [0.2, 0.25) is 5.91 Å². The van der Waals surface area contributed by atoms with Gasteiger partial charge in [-0.1, -0.05) is 13.8 Å². The Kier molecular flexibility index (Phi) is 6.42. The molecule has 1 saturated heterocycles. The van der Waals surface area contributed by atoms with E-state index in [0.29, 0.717) is 13.0 Å². The van der Waals surface area contributed by atoms with Crippen molar-refractivity contribution in [1.82, 2.24) is 4.90 Å². The molecule has 1 fully saturated rings. The van der Waals surface area contributed by atoms with E-state index in [-0.39, 0.29) is 5.78 Å². The summed E-state index contributed by atoms with van der Waals surface area (Å²) in [5, 5.41) is 8.46. The van der Waals surface area contributed by atoms with Crippen LogP contribution in [0.3, 0.4) is 0 Å². The van der Waals surface area contributed by atoms with Gasteiger partial charge < -0.3 is 15.7 Å². The molecule has 0 aliphatic carbocycles. The number of carboxylic acid groups (broad SMARTS) is 1. The van der Waals surface area contributed by atoms with Gasteiger partial charge in [-0.2, -0.15) is 0 Å². The first-order valence-corrected chi connectivity index (χ1v) is 5.71. The molecule has 6 nitrogen and oxygen atoms in total. The zero-order valence-electron chi connectivity index (χ0n) is 10.5. The van der Waals surface area contributed by atoms with Gasteiger partial charge in [0.25, 0.3) is 0 Å². The van der Waals surface area contributed by atoms with Crippen molar-refractivity contribution in [1.29, 1.82) is 0 Å². The topological polar surface area (TPSA) is 101 Å². The lowest BCUT2D eigenvalue weighted by Gasteiger charge is -2.40. The number of Topliss-reactive ketones (excluding diaryl/α,β-unsaturated/α-hetero) is 1. The summed E-state index contributed by atoms with van der Waals surface area (Å²) in [6.45, 7) is 5.89. The van der Waals surface area contributed by atoms with Crippen LogP contribution >= 0.6 is 0 Å². The molecule has 1 aliphatic rings. The van der Waals surface area contributed by atoms with Crippen molar-refractivity contribution < 1.29 is 19.5 Å². The summed E-state index contributed by atoms with van der Waals surface area (Å²) in [6, 6.07) is -1.46. The number of carbonyl (C=O) groups excluding carboxylic acids is 2. The Morgan fingerprint density at radius 2 is 1.94 bits per heavy atom. The summed E-state index contributed by atoms with van der Waals surface area (Å²) < 4.78 is 0. The normalized spacial score (nSPS) is 19.5. The van der Waals surface area contributed by atoms with Crippen molar-refractivity contribution in [2.24, 2.45) is 5.73 Å². The average Bonchev–Trinajstić information content (AvgIpc) is 2.16. The summed E-state index contributed by atoms with van der Waals surface area (Å²) in [4.78, 5) is 34.3. The van der Waals surface area contributed by atoms with E-state index in [1.165, 1.54) is 11.8 Å². The number of carboxylic acids is 1. The standard InChI is InChI=1S/C9H14N2O4.C2H6/c1-5(12)7-2-3-11(7)9(15)6(10)4-8(13)14;1-2/h6-7H,2-4,10H2,1H3,(H,13,14);1-2H3.